The van der Waals surface area contributed by atoms with E-state index in [4.69, 9.17) is 16.3 Å². The Labute approximate surface area is 178 Å². The normalized spacial score (nSPS) is 11.6. The monoisotopic (exact) mass is 416 g/mol. The summed E-state index contributed by atoms with van der Waals surface area (Å²) in [7, 11) is 1.60. The minimum absolute atomic E-state index is 0.134. The lowest BCUT2D eigenvalue weighted by molar-refractivity contribution is -0.140. The number of carbonyl (C=O) groups excluding carboxylic acids is 2. The second-order valence-electron chi connectivity index (χ2n) is 6.86. The number of methoxy groups -OCH3 is 1. The van der Waals surface area contributed by atoms with E-state index in [1.165, 1.54) is 0 Å². The van der Waals surface area contributed by atoms with E-state index in [1.807, 2.05) is 56.3 Å². The van der Waals surface area contributed by atoms with E-state index in [2.05, 4.69) is 5.32 Å². The van der Waals surface area contributed by atoms with Crippen LogP contribution in [0.4, 0.5) is 0 Å². The average Bonchev–Trinajstić information content (AvgIpc) is 2.73. The fraction of sp³-hybridized carbons (Fsp3) is 0.391. The van der Waals surface area contributed by atoms with Crippen molar-refractivity contribution in [2.75, 3.05) is 13.7 Å². The molecule has 0 saturated heterocycles. The van der Waals surface area contributed by atoms with E-state index in [0.29, 0.717) is 30.3 Å². The molecule has 29 heavy (non-hydrogen) atoms. The van der Waals surface area contributed by atoms with Gasteiger partial charge >= 0.3 is 0 Å². The minimum Gasteiger partial charge on any atom is -0.497 e. The molecule has 2 amide bonds. The molecule has 0 aliphatic heterocycles. The van der Waals surface area contributed by atoms with Crippen LogP contribution in [-0.4, -0.2) is 36.4 Å². The molecule has 0 fully saturated rings. The lowest BCUT2D eigenvalue weighted by atomic mass is 10.1. The molecule has 0 saturated carbocycles. The van der Waals surface area contributed by atoms with Crippen LogP contribution in [0.5, 0.6) is 5.75 Å². The third kappa shape index (κ3) is 6.50. The first-order valence-electron chi connectivity index (χ1n) is 9.93. The topological polar surface area (TPSA) is 58.6 Å². The Morgan fingerprint density at radius 2 is 1.90 bits per heavy atom. The second-order valence-corrected chi connectivity index (χ2v) is 7.26. The van der Waals surface area contributed by atoms with Crippen LogP contribution in [0.3, 0.4) is 0 Å². The molecule has 1 atom stereocenters. The number of hydrogen-bond donors (Lipinski definition) is 1. The first-order valence-corrected chi connectivity index (χ1v) is 10.3. The van der Waals surface area contributed by atoms with Gasteiger partial charge in [-0.15, -0.1) is 0 Å². The summed E-state index contributed by atoms with van der Waals surface area (Å²) in [6, 6.07) is 14.3. The lowest BCUT2D eigenvalue weighted by Gasteiger charge is -2.31. The van der Waals surface area contributed by atoms with Gasteiger partial charge in [-0.3, -0.25) is 9.59 Å². The van der Waals surface area contributed by atoms with Crippen molar-refractivity contribution in [2.45, 2.75) is 45.7 Å². The molecule has 2 aromatic carbocycles. The van der Waals surface area contributed by atoms with Crippen LogP contribution in [0.1, 0.15) is 37.8 Å². The summed E-state index contributed by atoms with van der Waals surface area (Å²) in [6.45, 7) is 4.81. The number of ether oxygens (including phenoxy) is 1. The molecule has 156 valence electrons. The molecule has 1 unspecified atom stereocenters. The largest absolute Gasteiger partial charge is 0.497 e. The number of rotatable bonds is 10. The van der Waals surface area contributed by atoms with Gasteiger partial charge in [0.05, 0.1) is 13.5 Å². The quantitative estimate of drug-likeness (QED) is 0.630. The van der Waals surface area contributed by atoms with Crippen LogP contribution in [0, 0.1) is 0 Å². The van der Waals surface area contributed by atoms with Crippen LogP contribution in [0.25, 0.3) is 0 Å². The van der Waals surface area contributed by atoms with Crippen molar-refractivity contribution in [2.24, 2.45) is 0 Å². The Kier molecular flexibility index (Phi) is 9.00. The summed E-state index contributed by atoms with van der Waals surface area (Å²) in [6.07, 6.45) is 1.50. The summed E-state index contributed by atoms with van der Waals surface area (Å²) < 4.78 is 5.30. The van der Waals surface area contributed by atoms with Crippen molar-refractivity contribution in [3.8, 4) is 5.75 Å². The highest BCUT2D eigenvalue weighted by Crippen LogP contribution is 2.20. The first-order chi connectivity index (χ1) is 14.0. The van der Waals surface area contributed by atoms with Crippen LogP contribution >= 0.6 is 11.6 Å². The summed E-state index contributed by atoms with van der Waals surface area (Å²) in [5, 5.41) is 3.47. The van der Waals surface area contributed by atoms with Gasteiger partial charge in [-0.2, -0.15) is 0 Å². The molecule has 6 heteroatoms. The molecular weight excluding hydrogens is 388 g/mol. The fourth-order valence-corrected chi connectivity index (χ4v) is 3.36. The van der Waals surface area contributed by atoms with Gasteiger partial charge in [0.15, 0.2) is 0 Å². The van der Waals surface area contributed by atoms with E-state index < -0.39 is 6.04 Å². The van der Waals surface area contributed by atoms with E-state index in [0.717, 1.165) is 17.5 Å². The average molecular weight is 417 g/mol. The molecule has 2 aromatic rings. The van der Waals surface area contributed by atoms with Gasteiger partial charge in [0.2, 0.25) is 11.8 Å². The van der Waals surface area contributed by atoms with Gasteiger partial charge in [-0.25, -0.2) is 0 Å². The zero-order chi connectivity index (χ0) is 21.2. The maximum atomic E-state index is 13.3. The second kappa shape index (κ2) is 11.5. The van der Waals surface area contributed by atoms with Crippen LogP contribution in [0.2, 0.25) is 5.02 Å². The number of nitrogens with zero attached hydrogens (tertiary/aromatic N) is 1. The maximum Gasteiger partial charge on any atom is 0.242 e. The maximum absolute atomic E-state index is 13.3. The highest BCUT2D eigenvalue weighted by molar-refractivity contribution is 6.31. The molecule has 5 nitrogen and oxygen atoms in total. The Hall–Kier alpha value is -2.53. The predicted molar refractivity (Wildman–Crippen MR) is 116 cm³/mol. The van der Waals surface area contributed by atoms with Crippen molar-refractivity contribution in [3.05, 3.63) is 64.7 Å². The van der Waals surface area contributed by atoms with Crippen LogP contribution in [0.15, 0.2) is 48.5 Å². The summed E-state index contributed by atoms with van der Waals surface area (Å²) in [5.74, 6) is 0.439. The van der Waals surface area contributed by atoms with Gasteiger partial charge in [-0.05, 0) is 42.2 Å². The van der Waals surface area contributed by atoms with E-state index >= 15 is 0 Å². The summed E-state index contributed by atoms with van der Waals surface area (Å²) in [5.41, 5.74) is 1.65. The molecule has 0 heterocycles. The number of hydrogen-bond acceptors (Lipinski definition) is 3. The van der Waals surface area contributed by atoms with Crippen molar-refractivity contribution < 1.29 is 14.3 Å². The Morgan fingerprint density at radius 3 is 2.55 bits per heavy atom. The zero-order valence-electron chi connectivity index (χ0n) is 17.3. The molecule has 0 aliphatic carbocycles. The molecular formula is C23H29ClN2O3. The van der Waals surface area contributed by atoms with Gasteiger partial charge < -0.3 is 15.0 Å². The summed E-state index contributed by atoms with van der Waals surface area (Å²) in [4.78, 5) is 27.7. The van der Waals surface area contributed by atoms with Gasteiger partial charge in [0.25, 0.3) is 0 Å². The van der Waals surface area contributed by atoms with Crippen molar-refractivity contribution in [3.63, 3.8) is 0 Å². The standard InChI is InChI=1S/C23H29ClN2O3/c1-4-13-25-23(28)21(5-2)26(16-17-9-8-11-19(14-17)29-3)22(27)15-18-10-6-7-12-20(18)24/h6-12,14,21H,4-5,13,15-16H2,1-3H3,(H,25,28). The zero-order valence-corrected chi connectivity index (χ0v) is 18.0. The number of benzene rings is 2. The van der Waals surface area contributed by atoms with Crippen LogP contribution in [-0.2, 0) is 22.6 Å². The van der Waals surface area contributed by atoms with E-state index in [1.54, 1.807) is 18.1 Å². The SMILES string of the molecule is CCCNC(=O)C(CC)N(Cc1cccc(OC)c1)C(=O)Cc1ccccc1Cl. The van der Waals surface area contributed by atoms with Gasteiger partial charge in [0.1, 0.15) is 11.8 Å². The first kappa shape index (κ1) is 22.8. The van der Waals surface area contributed by atoms with Gasteiger partial charge in [-0.1, -0.05) is 55.8 Å². The van der Waals surface area contributed by atoms with Crippen LogP contribution < -0.4 is 10.1 Å². The third-order valence-electron chi connectivity index (χ3n) is 4.72. The number of carbonyl (C=O) groups is 2. The Bertz CT molecular complexity index is 825. The highest BCUT2D eigenvalue weighted by Gasteiger charge is 2.28. The van der Waals surface area contributed by atoms with Gasteiger partial charge in [0, 0.05) is 18.1 Å². The smallest absolute Gasteiger partial charge is 0.242 e. The highest BCUT2D eigenvalue weighted by atomic mass is 35.5. The van der Waals surface area contributed by atoms with Crippen molar-refractivity contribution in [1.82, 2.24) is 10.2 Å². The third-order valence-corrected chi connectivity index (χ3v) is 5.09. The predicted octanol–water partition coefficient (Wildman–Crippen LogP) is 4.22. The molecule has 0 aliphatic rings. The molecule has 1 N–H and O–H groups in total. The molecule has 0 bridgehead atoms. The Balaban J connectivity index is 2.30. The minimum atomic E-state index is -0.553. The Morgan fingerprint density at radius 1 is 1.14 bits per heavy atom. The molecule has 2 rings (SSSR count). The van der Waals surface area contributed by atoms with E-state index in [9.17, 15) is 9.59 Å². The number of halogens is 1. The number of amides is 2. The fourth-order valence-electron chi connectivity index (χ4n) is 3.16. The van der Waals surface area contributed by atoms with Crippen molar-refractivity contribution >= 4 is 23.4 Å². The van der Waals surface area contributed by atoms with E-state index in [-0.39, 0.29) is 18.2 Å². The molecule has 0 radical (unpaired) electrons. The molecule has 0 aromatic heterocycles. The molecule has 0 spiro atoms. The number of nitrogens with one attached hydrogen (secondary N) is 1. The van der Waals surface area contributed by atoms with Crippen molar-refractivity contribution in [1.29, 1.82) is 0 Å². The summed E-state index contributed by atoms with van der Waals surface area (Å²) >= 11 is 6.25. The lowest BCUT2D eigenvalue weighted by Crippen LogP contribution is -2.49.